The molecule has 1 aliphatic carbocycles. The molecule has 3 unspecified atom stereocenters. The first-order valence-corrected chi connectivity index (χ1v) is 7.56. The van der Waals surface area contributed by atoms with E-state index in [-0.39, 0.29) is 10.6 Å². The quantitative estimate of drug-likeness (QED) is 0.666. The van der Waals surface area contributed by atoms with Crippen LogP contribution in [0.4, 0.5) is 5.69 Å². The number of nitrogens with zero attached hydrogens (tertiary/aromatic N) is 1. The molecule has 0 radical (unpaired) electrons. The Labute approximate surface area is 125 Å². The molecule has 1 aromatic rings. The van der Waals surface area contributed by atoms with Gasteiger partial charge in [0.15, 0.2) is 0 Å². The van der Waals surface area contributed by atoms with Gasteiger partial charge in [0, 0.05) is 30.3 Å². The van der Waals surface area contributed by atoms with Crippen molar-refractivity contribution in [2.75, 3.05) is 7.11 Å². The predicted molar refractivity (Wildman–Crippen MR) is 82.5 cm³/mol. The Morgan fingerprint density at radius 1 is 1.38 bits per heavy atom. The van der Waals surface area contributed by atoms with Crippen LogP contribution in [-0.4, -0.2) is 18.1 Å². The number of hydrogen-bond donors (Lipinski definition) is 1. The molecule has 1 saturated carbocycles. The van der Waals surface area contributed by atoms with Crippen molar-refractivity contribution in [1.82, 2.24) is 5.32 Å². The molecular weight excluding hydrogens is 268 g/mol. The third-order valence-electron chi connectivity index (χ3n) is 4.46. The van der Waals surface area contributed by atoms with Gasteiger partial charge < -0.3 is 10.1 Å². The Kier molecular flexibility index (Phi) is 5.17. The number of non-ortho nitro benzene ring substituents is 1. The number of nitrogens with one attached hydrogen (secondary N) is 1. The maximum absolute atomic E-state index is 10.9. The minimum Gasteiger partial charge on any atom is -0.496 e. The van der Waals surface area contributed by atoms with Gasteiger partial charge >= 0.3 is 0 Å². The molecule has 1 N–H and O–H groups in total. The lowest BCUT2D eigenvalue weighted by molar-refractivity contribution is -0.384. The Balaban J connectivity index is 2.04. The summed E-state index contributed by atoms with van der Waals surface area (Å²) in [5, 5.41) is 14.4. The first kappa shape index (κ1) is 15.8. The summed E-state index contributed by atoms with van der Waals surface area (Å²) in [6.07, 6.45) is 3.65. The number of hydrogen-bond acceptors (Lipinski definition) is 4. The summed E-state index contributed by atoms with van der Waals surface area (Å²) in [6, 6.07) is 5.22. The van der Waals surface area contributed by atoms with E-state index < -0.39 is 0 Å². The lowest BCUT2D eigenvalue weighted by Crippen LogP contribution is -2.38. The summed E-state index contributed by atoms with van der Waals surface area (Å²) in [5.74, 6) is 2.13. The summed E-state index contributed by atoms with van der Waals surface area (Å²) in [6.45, 7) is 5.18. The third-order valence-corrected chi connectivity index (χ3v) is 4.46. The lowest BCUT2D eigenvalue weighted by atomic mass is 9.80. The highest BCUT2D eigenvalue weighted by Crippen LogP contribution is 2.30. The van der Waals surface area contributed by atoms with Crippen LogP contribution >= 0.6 is 0 Å². The van der Waals surface area contributed by atoms with Gasteiger partial charge in [-0.15, -0.1) is 0 Å². The molecule has 1 aliphatic rings. The molecule has 0 amide bonds. The molecule has 0 heterocycles. The lowest BCUT2D eigenvalue weighted by Gasteiger charge is -2.33. The zero-order chi connectivity index (χ0) is 15.4. The van der Waals surface area contributed by atoms with Gasteiger partial charge in [-0.25, -0.2) is 0 Å². The van der Waals surface area contributed by atoms with Crippen molar-refractivity contribution in [2.24, 2.45) is 11.8 Å². The predicted octanol–water partition coefficient (Wildman–Crippen LogP) is 3.52. The fraction of sp³-hybridized carbons (Fsp3) is 0.625. The Bertz CT molecular complexity index is 504. The minimum absolute atomic E-state index is 0.109. The normalized spacial score (nSPS) is 25.6. The van der Waals surface area contributed by atoms with Gasteiger partial charge in [-0.3, -0.25) is 10.1 Å². The fourth-order valence-electron chi connectivity index (χ4n) is 3.23. The average molecular weight is 292 g/mol. The van der Waals surface area contributed by atoms with Crippen LogP contribution in [-0.2, 0) is 6.54 Å². The Morgan fingerprint density at radius 3 is 2.76 bits per heavy atom. The van der Waals surface area contributed by atoms with Crippen LogP contribution in [0.3, 0.4) is 0 Å². The number of rotatable bonds is 5. The van der Waals surface area contributed by atoms with Gasteiger partial charge in [-0.2, -0.15) is 0 Å². The van der Waals surface area contributed by atoms with Crippen molar-refractivity contribution in [2.45, 2.75) is 45.7 Å². The summed E-state index contributed by atoms with van der Waals surface area (Å²) < 4.78 is 5.30. The van der Waals surface area contributed by atoms with E-state index >= 15 is 0 Å². The first-order chi connectivity index (χ1) is 10.0. The summed E-state index contributed by atoms with van der Waals surface area (Å²) >= 11 is 0. The van der Waals surface area contributed by atoms with Crippen LogP contribution in [0.2, 0.25) is 0 Å². The molecule has 0 spiro atoms. The van der Waals surface area contributed by atoms with Gasteiger partial charge in [0.2, 0.25) is 0 Å². The smallest absolute Gasteiger partial charge is 0.270 e. The van der Waals surface area contributed by atoms with E-state index in [0.717, 1.165) is 11.5 Å². The summed E-state index contributed by atoms with van der Waals surface area (Å²) in [4.78, 5) is 10.5. The van der Waals surface area contributed by atoms with Crippen molar-refractivity contribution in [3.8, 4) is 5.75 Å². The highest BCUT2D eigenvalue weighted by molar-refractivity contribution is 5.43. The fourth-order valence-corrected chi connectivity index (χ4v) is 3.23. The molecule has 5 nitrogen and oxygen atoms in total. The van der Waals surface area contributed by atoms with E-state index in [2.05, 4.69) is 19.2 Å². The van der Waals surface area contributed by atoms with Crippen molar-refractivity contribution in [1.29, 1.82) is 0 Å². The molecule has 5 heteroatoms. The van der Waals surface area contributed by atoms with Gasteiger partial charge in [-0.05, 0) is 37.2 Å². The molecule has 0 bridgehead atoms. The van der Waals surface area contributed by atoms with Gasteiger partial charge in [0.25, 0.3) is 5.69 Å². The second kappa shape index (κ2) is 6.89. The molecular formula is C16H24N2O3. The number of nitro benzene ring substituents is 1. The minimum atomic E-state index is -0.367. The second-order valence-corrected chi connectivity index (χ2v) is 6.14. The molecule has 3 atom stereocenters. The molecule has 1 fully saturated rings. The molecule has 0 aromatic heterocycles. The van der Waals surface area contributed by atoms with Crippen LogP contribution in [0.1, 0.15) is 38.7 Å². The van der Waals surface area contributed by atoms with Crippen molar-refractivity contribution < 1.29 is 9.66 Å². The third kappa shape index (κ3) is 3.94. The highest BCUT2D eigenvalue weighted by Gasteiger charge is 2.25. The Hall–Kier alpha value is -1.62. The molecule has 0 aliphatic heterocycles. The molecule has 2 rings (SSSR count). The zero-order valence-electron chi connectivity index (χ0n) is 13.0. The van der Waals surface area contributed by atoms with Crippen LogP contribution in [0.15, 0.2) is 18.2 Å². The number of nitro groups is 1. The maximum atomic E-state index is 10.9. The van der Waals surface area contributed by atoms with E-state index in [1.165, 1.54) is 25.3 Å². The number of benzene rings is 1. The largest absolute Gasteiger partial charge is 0.496 e. The van der Waals surface area contributed by atoms with Crippen LogP contribution in [0, 0.1) is 22.0 Å². The van der Waals surface area contributed by atoms with Crippen molar-refractivity contribution >= 4 is 5.69 Å². The van der Waals surface area contributed by atoms with Gasteiger partial charge in [0.05, 0.1) is 12.0 Å². The molecule has 116 valence electrons. The monoisotopic (exact) mass is 292 g/mol. The molecule has 0 saturated heterocycles. The van der Waals surface area contributed by atoms with E-state index in [0.29, 0.717) is 24.3 Å². The van der Waals surface area contributed by atoms with Crippen molar-refractivity contribution in [3.05, 3.63) is 33.9 Å². The summed E-state index contributed by atoms with van der Waals surface area (Å²) in [5.41, 5.74) is 0.954. The van der Waals surface area contributed by atoms with Gasteiger partial charge in [0.1, 0.15) is 5.75 Å². The number of methoxy groups -OCH3 is 1. The average Bonchev–Trinajstić information content (AvgIpc) is 2.46. The van der Waals surface area contributed by atoms with Crippen LogP contribution in [0.5, 0.6) is 5.75 Å². The van der Waals surface area contributed by atoms with E-state index in [9.17, 15) is 10.1 Å². The van der Waals surface area contributed by atoms with Gasteiger partial charge in [-0.1, -0.05) is 13.8 Å². The SMILES string of the molecule is COc1ccc([N+](=O)[O-])cc1CNC1CCC(C)CC1C. The van der Waals surface area contributed by atoms with Crippen LogP contribution < -0.4 is 10.1 Å². The Morgan fingerprint density at radius 2 is 2.14 bits per heavy atom. The number of ether oxygens (including phenoxy) is 1. The molecule has 1 aromatic carbocycles. The zero-order valence-corrected chi connectivity index (χ0v) is 13.0. The van der Waals surface area contributed by atoms with Crippen molar-refractivity contribution in [3.63, 3.8) is 0 Å². The van der Waals surface area contributed by atoms with E-state index in [1.54, 1.807) is 19.2 Å². The van der Waals surface area contributed by atoms with E-state index in [4.69, 9.17) is 4.74 Å². The molecule has 21 heavy (non-hydrogen) atoms. The van der Waals surface area contributed by atoms with Crippen LogP contribution in [0.25, 0.3) is 0 Å². The van der Waals surface area contributed by atoms with E-state index in [1.807, 2.05) is 0 Å². The first-order valence-electron chi connectivity index (χ1n) is 7.56. The standard InChI is InChI=1S/C16H24N2O3/c1-11-4-6-15(12(2)8-11)17-10-13-9-14(18(19)20)5-7-16(13)21-3/h5,7,9,11-12,15,17H,4,6,8,10H2,1-3H3. The topological polar surface area (TPSA) is 64.4 Å². The summed E-state index contributed by atoms with van der Waals surface area (Å²) in [7, 11) is 1.59. The highest BCUT2D eigenvalue weighted by atomic mass is 16.6. The second-order valence-electron chi connectivity index (χ2n) is 6.14. The maximum Gasteiger partial charge on any atom is 0.270 e.